The lowest BCUT2D eigenvalue weighted by Crippen LogP contribution is -2.39. The number of ether oxygens (including phenoxy) is 1. The largest absolute Gasteiger partial charge is 0.573 e. The molecule has 2 aromatic rings. The van der Waals surface area contributed by atoms with Gasteiger partial charge in [0.15, 0.2) is 0 Å². The standard InChI is InChI=1S/C16H18F3N3O3S/c1-11-9-20-21-15(11)12-5-4-8-22(10-12)26(23,24)14-7-3-2-6-13(14)25-16(17,18)19/h2-3,6-7,9,12H,4-5,8,10H2,1H3,(H,20,21). The van der Waals surface area contributed by atoms with E-state index in [0.29, 0.717) is 6.42 Å². The lowest BCUT2D eigenvalue weighted by molar-refractivity contribution is -0.275. The molecular weight excluding hydrogens is 371 g/mol. The summed E-state index contributed by atoms with van der Waals surface area (Å²) in [4.78, 5) is -0.487. The molecule has 1 fully saturated rings. The molecule has 1 atom stereocenters. The molecule has 0 bridgehead atoms. The SMILES string of the molecule is Cc1cn[nH]c1C1CCCN(S(=O)(=O)c2ccccc2OC(F)(F)F)C1. The Labute approximate surface area is 149 Å². The Hall–Kier alpha value is -2.07. The van der Waals surface area contributed by atoms with Crippen molar-refractivity contribution in [3.8, 4) is 5.75 Å². The topological polar surface area (TPSA) is 75.3 Å². The lowest BCUT2D eigenvalue weighted by Gasteiger charge is -2.32. The molecule has 1 aromatic carbocycles. The van der Waals surface area contributed by atoms with Gasteiger partial charge < -0.3 is 4.74 Å². The summed E-state index contributed by atoms with van der Waals surface area (Å²) < 4.78 is 68.8. The number of sulfonamides is 1. The highest BCUT2D eigenvalue weighted by Gasteiger charge is 2.37. The molecule has 0 aliphatic carbocycles. The summed E-state index contributed by atoms with van der Waals surface area (Å²) in [5.74, 6) is -0.809. The smallest absolute Gasteiger partial charge is 0.404 e. The van der Waals surface area contributed by atoms with E-state index in [0.717, 1.165) is 29.8 Å². The highest BCUT2D eigenvalue weighted by Crippen LogP contribution is 2.35. The van der Waals surface area contributed by atoms with Crippen molar-refractivity contribution in [3.63, 3.8) is 0 Å². The highest BCUT2D eigenvalue weighted by atomic mass is 32.2. The zero-order valence-corrected chi connectivity index (χ0v) is 14.8. The van der Waals surface area contributed by atoms with Gasteiger partial charge in [-0.25, -0.2) is 8.42 Å². The van der Waals surface area contributed by atoms with Crippen LogP contribution in [0.25, 0.3) is 0 Å². The van der Waals surface area contributed by atoms with E-state index in [1.165, 1.54) is 16.4 Å². The molecule has 0 spiro atoms. The Morgan fingerprint density at radius 1 is 1.31 bits per heavy atom. The van der Waals surface area contributed by atoms with Crippen molar-refractivity contribution >= 4 is 10.0 Å². The van der Waals surface area contributed by atoms with Gasteiger partial charge in [-0.15, -0.1) is 13.2 Å². The van der Waals surface area contributed by atoms with Crippen molar-refractivity contribution in [2.75, 3.05) is 13.1 Å². The van der Waals surface area contributed by atoms with Crippen LogP contribution in [0.15, 0.2) is 35.4 Å². The third-order valence-corrected chi connectivity index (χ3v) is 6.26. The maximum absolute atomic E-state index is 12.9. The van der Waals surface area contributed by atoms with Crippen molar-refractivity contribution in [2.24, 2.45) is 0 Å². The Morgan fingerprint density at radius 3 is 2.69 bits per heavy atom. The van der Waals surface area contributed by atoms with Crippen molar-refractivity contribution < 1.29 is 26.3 Å². The molecular formula is C16H18F3N3O3S. The number of hydrogen-bond donors (Lipinski definition) is 1. The van der Waals surface area contributed by atoms with Crippen LogP contribution in [-0.4, -0.2) is 42.4 Å². The second-order valence-electron chi connectivity index (χ2n) is 6.16. The van der Waals surface area contributed by atoms with Crippen LogP contribution in [-0.2, 0) is 10.0 Å². The monoisotopic (exact) mass is 389 g/mol. The molecule has 6 nitrogen and oxygen atoms in total. The first-order valence-corrected chi connectivity index (χ1v) is 9.47. The third-order valence-electron chi connectivity index (χ3n) is 4.35. The average molecular weight is 389 g/mol. The number of benzene rings is 1. The first-order valence-electron chi connectivity index (χ1n) is 8.03. The number of hydrogen-bond acceptors (Lipinski definition) is 4. The van der Waals surface area contributed by atoms with E-state index in [2.05, 4.69) is 14.9 Å². The van der Waals surface area contributed by atoms with Crippen LogP contribution in [0, 0.1) is 6.92 Å². The number of aromatic nitrogens is 2. The molecule has 1 aromatic heterocycles. The summed E-state index contributed by atoms with van der Waals surface area (Å²) in [6.07, 6.45) is -1.93. The Kier molecular flexibility index (Phi) is 4.98. The number of piperidine rings is 1. The van der Waals surface area contributed by atoms with Gasteiger partial charge in [-0.2, -0.15) is 9.40 Å². The zero-order valence-electron chi connectivity index (χ0n) is 14.0. The number of alkyl halides is 3. The van der Waals surface area contributed by atoms with Gasteiger partial charge in [-0.3, -0.25) is 5.10 Å². The molecule has 2 heterocycles. The van der Waals surface area contributed by atoms with E-state index in [1.807, 2.05) is 6.92 Å². The van der Waals surface area contributed by atoms with E-state index in [4.69, 9.17) is 0 Å². The molecule has 26 heavy (non-hydrogen) atoms. The molecule has 1 unspecified atom stereocenters. The molecule has 10 heteroatoms. The van der Waals surface area contributed by atoms with Gasteiger partial charge in [0.1, 0.15) is 10.6 Å². The number of rotatable bonds is 4. The van der Waals surface area contributed by atoms with E-state index in [1.54, 1.807) is 6.20 Å². The summed E-state index contributed by atoms with van der Waals surface area (Å²) in [7, 11) is -4.13. The number of aryl methyl sites for hydroxylation is 1. The van der Waals surface area contributed by atoms with E-state index in [-0.39, 0.29) is 19.0 Å². The van der Waals surface area contributed by atoms with Crippen LogP contribution in [0.5, 0.6) is 5.75 Å². The molecule has 142 valence electrons. The number of nitrogens with one attached hydrogen (secondary N) is 1. The first-order chi connectivity index (χ1) is 12.2. The molecule has 0 amide bonds. The summed E-state index contributed by atoms with van der Waals surface area (Å²) >= 11 is 0. The van der Waals surface area contributed by atoms with E-state index < -0.39 is 27.0 Å². The Morgan fingerprint density at radius 2 is 2.04 bits per heavy atom. The first kappa shape index (κ1) is 18.7. The molecule has 1 aliphatic heterocycles. The number of aromatic amines is 1. The van der Waals surface area contributed by atoms with Crippen molar-refractivity contribution in [2.45, 2.75) is 36.9 Å². The Bertz CT molecular complexity index is 880. The average Bonchev–Trinajstić information content (AvgIpc) is 3.00. The van der Waals surface area contributed by atoms with Crippen LogP contribution >= 0.6 is 0 Å². The van der Waals surface area contributed by atoms with Gasteiger partial charge in [0.25, 0.3) is 0 Å². The Balaban J connectivity index is 1.90. The van der Waals surface area contributed by atoms with Crippen LogP contribution in [0.4, 0.5) is 13.2 Å². The van der Waals surface area contributed by atoms with Crippen LogP contribution < -0.4 is 4.74 Å². The highest BCUT2D eigenvalue weighted by molar-refractivity contribution is 7.89. The van der Waals surface area contributed by atoms with Crippen molar-refractivity contribution in [1.29, 1.82) is 0 Å². The van der Waals surface area contributed by atoms with Gasteiger partial charge in [0.2, 0.25) is 10.0 Å². The summed E-state index contributed by atoms with van der Waals surface area (Å²) in [6, 6.07) is 4.80. The number of para-hydroxylation sites is 1. The third kappa shape index (κ3) is 3.85. The van der Waals surface area contributed by atoms with Crippen molar-refractivity contribution in [1.82, 2.24) is 14.5 Å². The van der Waals surface area contributed by atoms with E-state index in [9.17, 15) is 21.6 Å². The molecule has 1 aliphatic rings. The molecule has 3 rings (SSSR count). The number of halogens is 3. The maximum atomic E-state index is 12.9. The predicted molar refractivity (Wildman–Crippen MR) is 87.2 cm³/mol. The zero-order chi connectivity index (χ0) is 18.9. The number of nitrogens with zero attached hydrogens (tertiary/aromatic N) is 2. The fourth-order valence-corrected chi connectivity index (χ4v) is 4.82. The summed E-state index contributed by atoms with van der Waals surface area (Å²) in [5, 5.41) is 6.84. The number of H-pyrrole nitrogens is 1. The second kappa shape index (κ2) is 6.92. The summed E-state index contributed by atoms with van der Waals surface area (Å²) in [6.45, 7) is 2.29. The fourth-order valence-electron chi connectivity index (χ4n) is 3.18. The van der Waals surface area contributed by atoms with Gasteiger partial charge in [0, 0.05) is 24.7 Å². The van der Waals surface area contributed by atoms with E-state index >= 15 is 0 Å². The minimum absolute atomic E-state index is 0.0864. The lowest BCUT2D eigenvalue weighted by atomic mass is 9.94. The minimum Gasteiger partial charge on any atom is -0.404 e. The summed E-state index contributed by atoms with van der Waals surface area (Å²) in [5.41, 5.74) is 1.78. The maximum Gasteiger partial charge on any atom is 0.573 e. The van der Waals surface area contributed by atoms with Crippen molar-refractivity contribution in [3.05, 3.63) is 41.7 Å². The minimum atomic E-state index is -4.97. The molecule has 1 N–H and O–H groups in total. The quantitative estimate of drug-likeness (QED) is 0.872. The molecule has 1 saturated heterocycles. The van der Waals surface area contributed by atoms with Crippen LogP contribution in [0.3, 0.4) is 0 Å². The van der Waals surface area contributed by atoms with Gasteiger partial charge in [-0.1, -0.05) is 12.1 Å². The normalized spacial score (nSPS) is 19.5. The molecule has 0 radical (unpaired) electrons. The molecule has 0 saturated carbocycles. The second-order valence-corrected chi connectivity index (χ2v) is 8.07. The van der Waals surface area contributed by atoms with Gasteiger partial charge >= 0.3 is 6.36 Å². The predicted octanol–water partition coefficient (Wildman–Crippen LogP) is 3.19. The van der Waals surface area contributed by atoms with Crippen LogP contribution in [0.1, 0.15) is 30.0 Å². The van der Waals surface area contributed by atoms with Gasteiger partial charge in [0.05, 0.1) is 6.20 Å². The van der Waals surface area contributed by atoms with Crippen LogP contribution in [0.2, 0.25) is 0 Å². The fraction of sp³-hybridized carbons (Fsp3) is 0.438. The van der Waals surface area contributed by atoms with Gasteiger partial charge in [-0.05, 0) is 37.5 Å².